The Morgan fingerprint density at radius 3 is 2.21 bits per heavy atom. The number of benzene rings is 1. The summed E-state index contributed by atoms with van der Waals surface area (Å²) in [7, 11) is 0. The lowest BCUT2D eigenvalue weighted by molar-refractivity contribution is -0.158. The van der Waals surface area contributed by atoms with E-state index in [9.17, 15) is 14.4 Å². The van der Waals surface area contributed by atoms with Gasteiger partial charge in [-0.25, -0.2) is 14.5 Å². The maximum Gasteiger partial charge on any atom is 0.423 e. The molecule has 0 bridgehead atoms. The number of hydrogen-bond acceptors (Lipinski definition) is 4. The Hall–Kier alpha value is -1.79. The number of rotatable bonds is 2. The zero-order chi connectivity index (χ0) is 14.4. The SMILES string of the molecule is CC1(C(=O)O)OC(=O)N(c2cc(Cl)cc(Cl)c2)C1=O. The molecule has 2 rings (SSSR count). The minimum atomic E-state index is -2.24. The Labute approximate surface area is 117 Å². The van der Waals surface area contributed by atoms with Crippen LogP contribution in [0.15, 0.2) is 18.2 Å². The summed E-state index contributed by atoms with van der Waals surface area (Å²) in [4.78, 5) is 35.3. The van der Waals surface area contributed by atoms with Gasteiger partial charge in [0.1, 0.15) is 0 Å². The number of hydrogen-bond donors (Lipinski definition) is 1. The molecule has 1 aromatic carbocycles. The van der Waals surface area contributed by atoms with Gasteiger partial charge in [0, 0.05) is 10.0 Å². The third-order valence-corrected chi connectivity index (χ3v) is 3.04. The molecule has 1 aliphatic heterocycles. The molecule has 0 spiro atoms. The standard InChI is InChI=1S/C11H7Cl2NO5/c1-11(9(16)17)8(15)14(10(18)19-11)7-3-5(12)2-6(13)4-7/h2-4H,1H3,(H,16,17). The molecular weight excluding hydrogens is 297 g/mol. The predicted molar refractivity (Wildman–Crippen MR) is 66.5 cm³/mol. The highest BCUT2D eigenvalue weighted by Gasteiger charge is 2.57. The van der Waals surface area contributed by atoms with E-state index < -0.39 is 23.6 Å². The van der Waals surface area contributed by atoms with Crippen LogP contribution in [0.1, 0.15) is 6.92 Å². The first-order chi connectivity index (χ1) is 8.75. The van der Waals surface area contributed by atoms with Crippen LogP contribution in [0.2, 0.25) is 10.0 Å². The zero-order valence-electron chi connectivity index (χ0n) is 9.52. The second-order valence-corrected chi connectivity index (χ2v) is 4.85. The average molecular weight is 304 g/mol. The number of imide groups is 1. The van der Waals surface area contributed by atoms with Crippen molar-refractivity contribution in [3.05, 3.63) is 28.2 Å². The van der Waals surface area contributed by atoms with E-state index in [1.807, 2.05) is 0 Å². The number of cyclic esters (lactones) is 1. The highest BCUT2D eigenvalue weighted by molar-refractivity contribution is 6.36. The van der Waals surface area contributed by atoms with E-state index in [1.54, 1.807) is 0 Å². The first kappa shape index (κ1) is 13.6. The van der Waals surface area contributed by atoms with Crippen molar-refractivity contribution in [2.45, 2.75) is 12.5 Å². The molecule has 1 atom stereocenters. The number of nitrogens with zero attached hydrogens (tertiary/aromatic N) is 1. The Kier molecular flexibility index (Phi) is 3.15. The second-order valence-electron chi connectivity index (χ2n) is 3.97. The van der Waals surface area contributed by atoms with E-state index >= 15 is 0 Å². The maximum absolute atomic E-state index is 12.0. The van der Waals surface area contributed by atoms with E-state index in [1.165, 1.54) is 18.2 Å². The fourth-order valence-electron chi connectivity index (χ4n) is 1.59. The lowest BCUT2D eigenvalue weighted by Crippen LogP contribution is -2.45. The van der Waals surface area contributed by atoms with Crippen LogP contribution in [-0.2, 0) is 14.3 Å². The Morgan fingerprint density at radius 2 is 1.79 bits per heavy atom. The Morgan fingerprint density at radius 1 is 1.26 bits per heavy atom. The number of carboxylic acids is 1. The second kappa shape index (κ2) is 4.40. The number of carboxylic acid groups (broad SMARTS) is 1. The summed E-state index contributed by atoms with van der Waals surface area (Å²) in [5, 5.41) is 9.36. The lowest BCUT2D eigenvalue weighted by Gasteiger charge is -2.14. The molecule has 8 heteroatoms. The molecule has 1 aromatic rings. The number of amides is 2. The van der Waals surface area contributed by atoms with Crippen LogP contribution >= 0.6 is 23.2 Å². The Balaban J connectivity index is 2.49. The van der Waals surface area contributed by atoms with Crippen molar-refractivity contribution in [3.63, 3.8) is 0 Å². The number of anilines is 1. The van der Waals surface area contributed by atoms with Gasteiger partial charge in [0.25, 0.3) is 11.5 Å². The quantitative estimate of drug-likeness (QED) is 0.848. The molecule has 19 heavy (non-hydrogen) atoms. The third-order valence-electron chi connectivity index (χ3n) is 2.60. The number of halogens is 2. The number of carbonyl (C=O) groups excluding carboxylic acids is 2. The molecule has 6 nitrogen and oxygen atoms in total. The molecule has 1 unspecified atom stereocenters. The van der Waals surface area contributed by atoms with E-state index in [0.29, 0.717) is 4.90 Å². The molecule has 0 radical (unpaired) electrons. The molecule has 1 aliphatic rings. The maximum atomic E-state index is 12.0. The summed E-state index contributed by atoms with van der Waals surface area (Å²) in [6.07, 6.45) is -1.09. The number of aliphatic carboxylic acids is 1. The van der Waals surface area contributed by atoms with Crippen LogP contribution in [0.4, 0.5) is 10.5 Å². The van der Waals surface area contributed by atoms with Crippen LogP contribution in [0.3, 0.4) is 0 Å². The van der Waals surface area contributed by atoms with Crippen molar-refractivity contribution < 1.29 is 24.2 Å². The van der Waals surface area contributed by atoms with Gasteiger partial charge in [-0.2, -0.15) is 0 Å². The zero-order valence-corrected chi connectivity index (χ0v) is 11.0. The van der Waals surface area contributed by atoms with Crippen molar-refractivity contribution in [2.75, 3.05) is 4.90 Å². The number of carbonyl (C=O) groups is 3. The summed E-state index contributed by atoms with van der Waals surface area (Å²) >= 11 is 11.5. The molecule has 0 saturated carbocycles. The first-order valence-electron chi connectivity index (χ1n) is 5.03. The predicted octanol–water partition coefficient (Wildman–Crippen LogP) is 2.32. The molecular formula is C11H7Cl2NO5. The molecule has 1 saturated heterocycles. The van der Waals surface area contributed by atoms with Crippen molar-refractivity contribution in [2.24, 2.45) is 0 Å². The van der Waals surface area contributed by atoms with Crippen LogP contribution in [0.5, 0.6) is 0 Å². The van der Waals surface area contributed by atoms with Crippen molar-refractivity contribution >= 4 is 46.9 Å². The van der Waals surface area contributed by atoms with E-state index in [-0.39, 0.29) is 15.7 Å². The van der Waals surface area contributed by atoms with Gasteiger partial charge in [-0.3, -0.25) is 4.79 Å². The summed E-state index contributed by atoms with van der Waals surface area (Å²) in [6, 6.07) is 4.02. The molecule has 1 heterocycles. The fraction of sp³-hybridized carbons (Fsp3) is 0.182. The Bertz CT molecular complexity index is 582. The van der Waals surface area contributed by atoms with E-state index in [2.05, 4.69) is 4.74 Å². The molecule has 2 amide bonds. The largest absolute Gasteiger partial charge is 0.478 e. The van der Waals surface area contributed by atoms with Gasteiger partial charge < -0.3 is 9.84 Å². The van der Waals surface area contributed by atoms with Crippen molar-refractivity contribution in [1.29, 1.82) is 0 Å². The highest BCUT2D eigenvalue weighted by Crippen LogP contribution is 2.32. The normalized spacial score (nSPS) is 22.6. The first-order valence-corrected chi connectivity index (χ1v) is 5.78. The van der Waals surface area contributed by atoms with Crippen LogP contribution < -0.4 is 4.90 Å². The van der Waals surface area contributed by atoms with E-state index in [0.717, 1.165) is 6.92 Å². The third kappa shape index (κ3) is 2.13. The summed E-state index contributed by atoms with van der Waals surface area (Å²) in [5.41, 5.74) is -2.19. The van der Waals surface area contributed by atoms with Gasteiger partial charge in [0.15, 0.2) is 0 Å². The summed E-state index contributed by atoms with van der Waals surface area (Å²) in [5.74, 6) is -2.56. The van der Waals surface area contributed by atoms with Gasteiger partial charge in [0.05, 0.1) is 5.69 Å². The number of ether oxygens (including phenoxy) is 1. The van der Waals surface area contributed by atoms with Gasteiger partial charge >= 0.3 is 12.1 Å². The molecule has 0 aliphatic carbocycles. The topological polar surface area (TPSA) is 83.9 Å². The molecule has 100 valence electrons. The van der Waals surface area contributed by atoms with Crippen molar-refractivity contribution in [1.82, 2.24) is 0 Å². The lowest BCUT2D eigenvalue weighted by atomic mass is 10.1. The van der Waals surface area contributed by atoms with Crippen LogP contribution in [-0.4, -0.2) is 28.7 Å². The smallest absolute Gasteiger partial charge is 0.423 e. The van der Waals surface area contributed by atoms with Gasteiger partial charge in [-0.05, 0) is 25.1 Å². The molecule has 1 N–H and O–H groups in total. The van der Waals surface area contributed by atoms with Crippen LogP contribution in [0.25, 0.3) is 0 Å². The van der Waals surface area contributed by atoms with Gasteiger partial charge in [0.2, 0.25) is 0 Å². The van der Waals surface area contributed by atoms with Gasteiger partial charge in [-0.1, -0.05) is 23.2 Å². The summed E-state index contributed by atoms with van der Waals surface area (Å²) in [6.45, 7) is 1.00. The minimum Gasteiger partial charge on any atom is -0.478 e. The fourth-order valence-corrected chi connectivity index (χ4v) is 2.10. The van der Waals surface area contributed by atoms with E-state index in [4.69, 9.17) is 28.3 Å². The van der Waals surface area contributed by atoms with Crippen molar-refractivity contribution in [3.8, 4) is 0 Å². The van der Waals surface area contributed by atoms with Crippen LogP contribution in [0, 0.1) is 0 Å². The highest BCUT2D eigenvalue weighted by atomic mass is 35.5. The monoisotopic (exact) mass is 303 g/mol. The average Bonchev–Trinajstić information content (AvgIpc) is 2.49. The molecule has 0 aromatic heterocycles. The van der Waals surface area contributed by atoms with Gasteiger partial charge in [-0.15, -0.1) is 0 Å². The minimum absolute atomic E-state index is 0.0532. The summed E-state index contributed by atoms with van der Waals surface area (Å²) < 4.78 is 4.62. The molecule has 1 fully saturated rings.